The van der Waals surface area contributed by atoms with Crippen LogP contribution in [0.4, 0.5) is 5.00 Å². The highest BCUT2D eigenvalue weighted by Crippen LogP contribution is 2.38. The topological polar surface area (TPSA) is 57.4 Å². The van der Waals surface area contributed by atoms with E-state index >= 15 is 0 Å². The lowest BCUT2D eigenvalue weighted by atomic mass is 10.1. The normalized spacial score (nSPS) is 14.3. The van der Waals surface area contributed by atoms with Crippen LogP contribution in [0, 0.1) is 0 Å². The van der Waals surface area contributed by atoms with Gasteiger partial charge in [0.2, 0.25) is 0 Å². The summed E-state index contributed by atoms with van der Waals surface area (Å²) >= 11 is 1.55. The summed E-state index contributed by atoms with van der Waals surface area (Å²) in [5.41, 5.74) is 7.93. The molecule has 0 amide bonds. The molecular weight excluding hydrogens is 272 g/mol. The van der Waals surface area contributed by atoms with E-state index in [1.165, 1.54) is 0 Å². The Morgan fingerprint density at radius 3 is 2.65 bits per heavy atom. The first-order valence-corrected chi connectivity index (χ1v) is 7.63. The molecule has 0 radical (unpaired) electrons. The lowest BCUT2D eigenvalue weighted by Crippen LogP contribution is -1.97. The van der Waals surface area contributed by atoms with Crippen LogP contribution in [0.1, 0.15) is 31.2 Å². The lowest BCUT2D eigenvalue weighted by molar-refractivity contribution is 0.297. The number of aromatic nitrogens is 1. The number of thiazole rings is 1. The Bertz CT molecular complexity index is 622. The van der Waals surface area contributed by atoms with Gasteiger partial charge in [0, 0.05) is 17.9 Å². The summed E-state index contributed by atoms with van der Waals surface area (Å²) < 4.78 is 11.4. The largest absolute Gasteiger partial charge is 0.490 e. The third-order valence-corrected chi connectivity index (χ3v) is 4.37. The van der Waals surface area contributed by atoms with Crippen LogP contribution in [-0.2, 0) is 0 Å². The predicted octanol–water partition coefficient (Wildman–Crippen LogP) is 3.68. The van der Waals surface area contributed by atoms with Gasteiger partial charge in [-0.2, -0.15) is 0 Å². The van der Waals surface area contributed by atoms with E-state index in [-0.39, 0.29) is 0 Å². The van der Waals surface area contributed by atoms with Crippen molar-refractivity contribution in [2.45, 2.75) is 26.2 Å². The zero-order valence-corrected chi connectivity index (χ0v) is 12.5. The average Bonchev–Trinajstić information content (AvgIpc) is 2.68. The second-order valence-corrected chi connectivity index (χ2v) is 6.19. The quantitative estimate of drug-likeness (QED) is 0.916. The number of hydrogen-bond acceptors (Lipinski definition) is 5. The van der Waals surface area contributed by atoms with Crippen molar-refractivity contribution in [3.8, 4) is 22.8 Å². The molecule has 4 nitrogen and oxygen atoms in total. The molecule has 106 valence electrons. The van der Waals surface area contributed by atoms with E-state index in [0.717, 1.165) is 39.2 Å². The smallest absolute Gasteiger partial charge is 0.161 e. The number of ether oxygens (including phenoxy) is 2. The monoisotopic (exact) mass is 290 g/mol. The highest BCUT2D eigenvalue weighted by atomic mass is 32.1. The summed E-state index contributed by atoms with van der Waals surface area (Å²) in [4.78, 5) is 4.65. The van der Waals surface area contributed by atoms with Gasteiger partial charge in [0.15, 0.2) is 11.5 Å². The third-order valence-electron chi connectivity index (χ3n) is 3.18. The van der Waals surface area contributed by atoms with Gasteiger partial charge < -0.3 is 15.2 Å². The summed E-state index contributed by atoms with van der Waals surface area (Å²) in [6.45, 7) is 5.62. The highest BCUT2D eigenvalue weighted by Gasteiger charge is 2.16. The van der Waals surface area contributed by atoms with Crippen molar-refractivity contribution in [3.63, 3.8) is 0 Å². The Balaban J connectivity index is 2.00. The number of nitrogens with two attached hydrogens (primary N) is 1. The maximum atomic E-state index is 6.10. The predicted molar refractivity (Wildman–Crippen MR) is 81.7 cm³/mol. The molecule has 0 saturated carbocycles. The minimum absolute atomic E-state index is 0.386. The molecular formula is C15H18N2O2S. The minimum atomic E-state index is 0.386. The van der Waals surface area contributed by atoms with Gasteiger partial charge in [0.05, 0.1) is 18.2 Å². The van der Waals surface area contributed by atoms with Crippen molar-refractivity contribution >= 4 is 16.3 Å². The van der Waals surface area contributed by atoms with Crippen molar-refractivity contribution < 1.29 is 9.47 Å². The molecule has 3 rings (SSSR count). The number of hydrogen-bond donors (Lipinski definition) is 1. The Kier molecular flexibility index (Phi) is 3.53. The fourth-order valence-electron chi connectivity index (χ4n) is 2.11. The zero-order chi connectivity index (χ0) is 14.1. The second-order valence-electron chi connectivity index (χ2n) is 5.13. The molecule has 0 unspecified atom stereocenters. The van der Waals surface area contributed by atoms with Crippen LogP contribution in [0.15, 0.2) is 18.2 Å². The van der Waals surface area contributed by atoms with Gasteiger partial charge in [-0.25, -0.2) is 4.98 Å². The molecule has 1 aliphatic heterocycles. The van der Waals surface area contributed by atoms with E-state index in [1.54, 1.807) is 11.3 Å². The van der Waals surface area contributed by atoms with Gasteiger partial charge in [-0.3, -0.25) is 0 Å². The molecule has 5 heteroatoms. The molecule has 0 saturated heterocycles. The first-order chi connectivity index (χ1) is 9.65. The SMILES string of the molecule is CC(C)c1nc(-c2ccc3c(c2)OCCCO3)c(N)s1. The van der Waals surface area contributed by atoms with Gasteiger partial charge in [-0.1, -0.05) is 13.8 Å². The Morgan fingerprint density at radius 1 is 1.20 bits per heavy atom. The molecule has 0 atom stereocenters. The molecule has 2 aromatic rings. The van der Waals surface area contributed by atoms with Crippen LogP contribution in [-0.4, -0.2) is 18.2 Å². The maximum Gasteiger partial charge on any atom is 0.161 e. The van der Waals surface area contributed by atoms with E-state index in [0.29, 0.717) is 19.1 Å². The van der Waals surface area contributed by atoms with Crippen LogP contribution < -0.4 is 15.2 Å². The van der Waals surface area contributed by atoms with Gasteiger partial charge in [0.25, 0.3) is 0 Å². The van der Waals surface area contributed by atoms with Gasteiger partial charge in [-0.15, -0.1) is 11.3 Å². The molecule has 1 aliphatic rings. The summed E-state index contributed by atoms with van der Waals surface area (Å²) in [5.74, 6) is 1.96. The van der Waals surface area contributed by atoms with Crippen LogP contribution >= 0.6 is 11.3 Å². The van der Waals surface area contributed by atoms with Crippen molar-refractivity contribution in [2.24, 2.45) is 0 Å². The second kappa shape index (κ2) is 5.32. The van der Waals surface area contributed by atoms with Gasteiger partial charge in [-0.05, 0) is 18.2 Å². The molecule has 0 bridgehead atoms. The van der Waals surface area contributed by atoms with Crippen LogP contribution in [0.3, 0.4) is 0 Å². The molecule has 2 heterocycles. The summed E-state index contributed by atoms with van der Waals surface area (Å²) in [7, 11) is 0. The number of fused-ring (bicyclic) bond motifs is 1. The summed E-state index contributed by atoms with van der Waals surface area (Å²) in [5, 5.41) is 1.81. The van der Waals surface area contributed by atoms with E-state index in [4.69, 9.17) is 15.2 Å². The van der Waals surface area contributed by atoms with Crippen LogP contribution in [0.25, 0.3) is 11.3 Å². The van der Waals surface area contributed by atoms with Crippen molar-refractivity contribution in [2.75, 3.05) is 18.9 Å². The van der Waals surface area contributed by atoms with Crippen molar-refractivity contribution in [1.82, 2.24) is 4.98 Å². The number of benzene rings is 1. The van der Waals surface area contributed by atoms with E-state index < -0.39 is 0 Å². The average molecular weight is 290 g/mol. The summed E-state index contributed by atoms with van der Waals surface area (Å²) in [6, 6.07) is 5.89. The highest BCUT2D eigenvalue weighted by molar-refractivity contribution is 7.16. The fourth-order valence-corrected chi connectivity index (χ4v) is 2.97. The van der Waals surface area contributed by atoms with E-state index in [1.807, 2.05) is 18.2 Å². The Hall–Kier alpha value is -1.75. The van der Waals surface area contributed by atoms with Crippen molar-refractivity contribution in [1.29, 1.82) is 0 Å². The third kappa shape index (κ3) is 2.45. The van der Waals surface area contributed by atoms with Crippen LogP contribution in [0.2, 0.25) is 0 Å². The lowest BCUT2D eigenvalue weighted by Gasteiger charge is -2.08. The van der Waals surface area contributed by atoms with Crippen molar-refractivity contribution in [3.05, 3.63) is 23.2 Å². The number of nitrogens with zero attached hydrogens (tertiary/aromatic N) is 1. The summed E-state index contributed by atoms with van der Waals surface area (Å²) in [6.07, 6.45) is 0.903. The maximum absolute atomic E-state index is 6.10. The van der Waals surface area contributed by atoms with E-state index in [9.17, 15) is 0 Å². The van der Waals surface area contributed by atoms with E-state index in [2.05, 4.69) is 18.8 Å². The molecule has 0 aliphatic carbocycles. The fraction of sp³-hybridized carbons (Fsp3) is 0.400. The molecule has 1 aromatic heterocycles. The number of anilines is 1. The first-order valence-electron chi connectivity index (χ1n) is 6.81. The first kappa shape index (κ1) is 13.2. The zero-order valence-electron chi connectivity index (χ0n) is 11.7. The van der Waals surface area contributed by atoms with Gasteiger partial charge >= 0.3 is 0 Å². The molecule has 20 heavy (non-hydrogen) atoms. The van der Waals surface area contributed by atoms with Crippen LogP contribution in [0.5, 0.6) is 11.5 Å². The molecule has 0 fully saturated rings. The molecule has 2 N–H and O–H groups in total. The Labute approximate surface area is 122 Å². The molecule has 1 aromatic carbocycles. The Morgan fingerprint density at radius 2 is 1.95 bits per heavy atom. The minimum Gasteiger partial charge on any atom is -0.490 e. The van der Waals surface area contributed by atoms with Gasteiger partial charge in [0.1, 0.15) is 10.7 Å². The standard InChI is InChI=1S/C15H18N2O2S/c1-9(2)15-17-13(14(16)20-15)10-4-5-11-12(8-10)19-7-3-6-18-11/h4-5,8-9H,3,6-7,16H2,1-2H3. The number of rotatable bonds is 2. The number of nitrogen functional groups attached to an aromatic ring is 1. The molecule has 0 spiro atoms.